The lowest BCUT2D eigenvalue weighted by atomic mass is 9.90. The highest BCUT2D eigenvalue weighted by molar-refractivity contribution is 5.74. The fourth-order valence-electron chi connectivity index (χ4n) is 1.79. The molecule has 0 aromatic carbocycles. The molecule has 0 saturated carbocycles. The van der Waals surface area contributed by atoms with Gasteiger partial charge in [-0.05, 0) is 6.42 Å². The van der Waals surface area contributed by atoms with E-state index in [1.165, 1.54) is 14.2 Å². The third-order valence-corrected chi connectivity index (χ3v) is 2.76. The number of methoxy groups -OCH3 is 2. The van der Waals surface area contributed by atoms with E-state index in [1.807, 2.05) is 6.92 Å². The van der Waals surface area contributed by atoms with Gasteiger partial charge in [-0.2, -0.15) is 0 Å². The van der Waals surface area contributed by atoms with Crippen molar-refractivity contribution < 1.29 is 29.3 Å². The van der Waals surface area contributed by atoms with Crippen LogP contribution in [-0.4, -0.2) is 42.2 Å². The molecule has 0 spiro atoms. The van der Waals surface area contributed by atoms with E-state index >= 15 is 0 Å². The van der Waals surface area contributed by atoms with Gasteiger partial charge in [0.1, 0.15) is 12.3 Å². The monoisotopic (exact) mass is 248 g/mol. The summed E-state index contributed by atoms with van der Waals surface area (Å²) in [6.45, 7) is 1.93. The Morgan fingerprint density at radius 3 is 2.06 bits per heavy atom. The summed E-state index contributed by atoms with van der Waals surface area (Å²) < 4.78 is 10.1. The van der Waals surface area contributed by atoms with E-state index in [0.29, 0.717) is 12.8 Å². The van der Waals surface area contributed by atoms with Gasteiger partial charge in [0, 0.05) is 14.2 Å². The summed E-state index contributed by atoms with van der Waals surface area (Å²) in [5.41, 5.74) is 0. The average molecular weight is 248 g/mol. The average Bonchev–Trinajstić information content (AvgIpc) is 2.26. The van der Waals surface area contributed by atoms with E-state index in [1.54, 1.807) is 0 Å². The van der Waals surface area contributed by atoms with Crippen molar-refractivity contribution >= 4 is 11.9 Å². The van der Waals surface area contributed by atoms with Gasteiger partial charge in [-0.15, -0.1) is 0 Å². The van der Waals surface area contributed by atoms with Crippen molar-refractivity contribution in [1.29, 1.82) is 0 Å². The lowest BCUT2D eigenvalue weighted by molar-refractivity contribution is -0.247. The summed E-state index contributed by atoms with van der Waals surface area (Å²) in [6.07, 6.45) is 1.31. The smallest absolute Gasteiger partial charge is 0.312 e. The maximum atomic E-state index is 11.2. The first-order valence-corrected chi connectivity index (χ1v) is 5.48. The number of rotatable bonds is 9. The standard InChI is InChI=1S/C11H20O6/c1-4-5-6-8(10(14)15)11(16-2,17-3)7-9(12)13/h8H,4-7H2,1-3H3,(H,12,13)(H,14,15). The number of hydrogen-bond acceptors (Lipinski definition) is 4. The van der Waals surface area contributed by atoms with Crippen molar-refractivity contribution in [2.45, 2.75) is 38.4 Å². The summed E-state index contributed by atoms with van der Waals surface area (Å²) in [6, 6.07) is 0. The van der Waals surface area contributed by atoms with Crippen LogP contribution in [0.15, 0.2) is 0 Å². The van der Waals surface area contributed by atoms with Crippen LogP contribution in [0.3, 0.4) is 0 Å². The van der Waals surface area contributed by atoms with Crippen LogP contribution in [0.25, 0.3) is 0 Å². The Kier molecular flexibility index (Phi) is 6.75. The molecule has 0 bridgehead atoms. The number of unbranched alkanes of at least 4 members (excludes halogenated alkanes) is 1. The molecular formula is C11H20O6. The van der Waals surface area contributed by atoms with Crippen molar-refractivity contribution in [3.05, 3.63) is 0 Å². The Hall–Kier alpha value is -1.14. The highest BCUT2D eigenvalue weighted by Gasteiger charge is 2.45. The fraction of sp³-hybridized carbons (Fsp3) is 0.818. The molecule has 0 rings (SSSR count). The molecule has 6 heteroatoms. The minimum Gasteiger partial charge on any atom is -0.481 e. The molecule has 0 aromatic heterocycles. The normalized spacial score (nSPS) is 13.4. The van der Waals surface area contributed by atoms with Gasteiger partial charge in [-0.1, -0.05) is 19.8 Å². The van der Waals surface area contributed by atoms with Crippen LogP contribution in [0.2, 0.25) is 0 Å². The van der Waals surface area contributed by atoms with Crippen LogP contribution in [0.1, 0.15) is 32.6 Å². The number of aliphatic carboxylic acids is 2. The SMILES string of the molecule is CCCCC(C(=O)O)C(CC(=O)O)(OC)OC. The number of carboxylic acids is 2. The lowest BCUT2D eigenvalue weighted by Crippen LogP contribution is -2.47. The van der Waals surface area contributed by atoms with Crippen LogP contribution in [-0.2, 0) is 19.1 Å². The zero-order valence-corrected chi connectivity index (χ0v) is 10.4. The summed E-state index contributed by atoms with van der Waals surface area (Å²) >= 11 is 0. The van der Waals surface area contributed by atoms with Gasteiger partial charge in [-0.3, -0.25) is 9.59 Å². The second kappa shape index (κ2) is 7.24. The third kappa shape index (κ3) is 4.32. The molecule has 1 unspecified atom stereocenters. The maximum Gasteiger partial charge on any atom is 0.312 e. The molecule has 0 fully saturated rings. The summed E-state index contributed by atoms with van der Waals surface area (Å²) in [4.78, 5) is 22.0. The fourth-order valence-corrected chi connectivity index (χ4v) is 1.79. The number of hydrogen-bond donors (Lipinski definition) is 2. The van der Waals surface area contributed by atoms with Crippen molar-refractivity contribution in [2.24, 2.45) is 5.92 Å². The molecule has 6 nitrogen and oxygen atoms in total. The number of carbonyl (C=O) groups is 2. The highest BCUT2D eigenvalue weighted by atomic mass is 16.7. The molecule has 1 atom stereocenters. The molecule has 0 aromatic rings. The highest BCUT2D eigenvalue weighted by Crippen LogP contribution is 2.31. The largest absolute Gasteiger partial charge is 0.481 e. The molecule has 0 radical (unpaired) electrons. The molecule has 0 aliphatic carbocycles. The van der Waals surface area contributed by atoms with E-state index in [2.05, 4.69) is 0 Å². The van der Waals surface area contributed by atoms with Gasteiger partial charge >= 0.3 is 11.9 Å². The number of carboxylic acid groups (broad SMARTS) is 2. The first kappa shape index (κ1) is 15.9. The molecule has 0 aliphatic rings. The summed E-state index contributed by atoms with van der Waals surface area (Å²) in [7, 11) is 2.52. The molecule has 0 aliphatic heterocycles. The van der Waals surface area contributed by atoms with Crippen LogP contribution >= 0.6 is 0 Å². The van der Waals surface area contributed by atoms with Gasteiger partial charge in [0.05, 0.1) is 0 Å². The Labute approximate surface area is 101 Å². The molecular weight excluding hydrogens is 228 g/mol. The van der Waals surface area contributed by atoms with Gasteiger partial charge in [0.25, 0.3) is 0 Å². The predicted octanol–water partition coefficient (Wildman–Crippen LogP) is 1.34. The molecule has 0 heterocycles. The molecule has 2 N–H and O–H groups in total. The van der Waals surface area contributed by atoms with Gasteiger partial charge in [0.15, 0.2) is 5.79 Å². The van der Waals surface area contributed by atoms with Crippen LogP contribution in [0, 0.1) is 5.92 Å². The van der Waals surface area contributed by atoms with Crippen LogP contribution in [0.4, 0.5) is 0 Å². The van der Waals surface area contributed by atoms with Gasteiger partial charge in [-0.25, -0.2) is 0 Å². The number of ether oxygens (including phenoxy) is 2. The predicted molar refractivity (Wildman–Crippen MR) is 59.7 cm³/mol. The van der Waals surface area contributed by atoms with Crippen molar-refractivity contribution in [1.82, 2.24) is 0 Å². The van der Waals surface area contributed by atoms with Crippen LogP contribution < -0.4 is 0 Å². The lowest BCUT2D eigenvalue weighted by Gasteiger charge is -2.34. The van der Waals surface area contributed by atoms with E-state index in [-0.39, 0.29) is 0 Å². The molecule has 0 amide bonds. The van der Waals surface area contributed by atoms with E-state index in [4.69, 9.17) is 19.7 Å². The second-order valence-corrected chi connectivity index (χ2v) is 3.82. The topological polar surface area (TPSA) is 93.1 Å². The Morgan fingerprint density at radius 1 is 1.24 bits per heavy atom. The quantitative estimate of drug-likeness (QED) is 0.598. The van der Waals surface area contributed by atoms with E-state index in [0.717, 1.165) is 6.42 Å². The molecule has 100 valence electrons. The maximum absolute atomic E-state index is 11.2. The molecule has 0 saturated heterocycles. The van der Waals surface area contributed by atoms with E-state index in [9.17, 15) is 9.59 Å². The van der Waals surface area contributed by atoms with Crippen molar-refractivity contribution in [2.75, 3.05) is 14.2 Å². The minimum atomic E-state index is -1.60. The Morgan fingerprint density at radius 2 is 1.76 bits per heavy atom. The van der Waals surface area contributed by atoms with Crippen molar-refractivity contribution in [3.8, 4) is 0 Å². The van der Waals surface area contributed by atoms with Gasteiger partial charge in [0.2, 0.25) is 0 Å². The van der Waals surface area contributed by atoms with E-state index < -0.39 is 30.1 Å². The van der Waals surface area contributed by atoms with Gasteiger partial charge < -0.3 is 19.7 Å². The summed E-state index contributed by atoms with van der Waals surface area (Å²) in [5.74, 6) is -4.86. The zero-order valence-electron chi connectivity index (χ0n) is 10.4. The second-order valence-electron chi connectivity index (χ2n) is 3.82. The minimum absolute atomic E-state index is 0.320. The zero-order chi connectivity index (χ0) is 13.5. The Bertz CT molecular complexity index is 259. The summed E-state index contributed by atoms with van der Waals surface area (Å²) in [5, 5.41) is 18.0. The van der Waals surface area contributed by atoms with Crippen LogP contribution in [0.5, 0.6) is 0 Å². The Balaban J connectivity index is 5.05. The first-order valence-electron chi connectivity index (χ1n) is 5.48. The third-order valence-electron chi connectivity index (χ3n) is 2.76. The van der Waals surface area contributed by atoms with Crippen molar-refractivity contribution in [3.63, 3.8) is 0 Å². The molecule has 17 heavy (non-hydrogen) atoms. The first-order chi connectivity index (χ1) is 7.93.